The highest BCUT2D eigenvalue weighted by molar-refractivity contribution is 5.92. The van der Waals surface area contributed by atoms with E-state index in [4.69, 9.17) is 10.5 Å². The van der Waals surface area contributed by atoms with E-state index in [9.17, 15) is 14.4 Å². The number of hydrogen-bond acceptors (Lipinski definition) is 6. The van der Waals surface area contributed by atoms with E-state index in [1.165, 1.54) is 0 Å². The molecule has 10 nitrogen and oxygen atoms in total. The van der Waals surface area contributed by atoms with Crippen LogP contribution in [0.25, 0.3) is 0 Å². The van der Waals surface area contributed by atoms with Crippen LogP contribution in [0.2, 0.25) is 0 Å². The summed E-state index contributed by atoms with van der Waals surface area (Å²) in [6, 6.07) is 13.7. The minimum absolute atomic E-state index is 0.00604. The standard InChI is InChI=1S/C26H34N6O4/c1-26(2,27)24(34)30-20(17-36-16-18-8-4-3-5-9-18)23(33)31-12-13-32-22(15-29-25(32)35)21(31)14-19-10-6-7-11-28-19/h3-11,20-22H,12-17,27H2,1-2H3,(H,29,35)(H,30,34). The predicted octanol–water partition coefficient (Wildman–Crippen LogP) is 0.668. The fourth-order valence-electron chi connectivity index (χ4n) is 4.60. The van der Waals surface area contributed by atoms with Gasteiger partial charge in [-0.25, -0.2) is 4.79 Å². The summed E-state index contributed by atoms with van der Waals surface area (Å²) in [5, 5.41) is 5.69. The molecule has 2 aromatic rings. The zero-order valence-electron chi connectivity index (χ0n) is 20.7. The number of hydrogen-bond donors (Lipinski definition) is 3. The Kier molecular flexibility index (Phi) is 7.85. The number of nitrogens with zero attached hydrogens (tertiary/aromatic N) is 3. The lowest BCUT2D eigenvalue weighted by Crippen LogP contribution is -2.65. The molecule has 1 aromatic heterocycles. The number of nitrogens with one attached hydrogen (secondary N) is 2. The van der Waals surface area contributed by atoms with E-state index in [2.05, 4.69) is 15.6 Å². The van der Waals surface area contributed by atoms with E-state index in [1.54, 1.807) is 29.8 Å². The first-order valence-corrected chi connectivity index (χ1v) is 12.2. The number of nitrogens with two attached hydrogens (primary N) is 1. The lowest BCUT2D eigenvalue weighted by Gasteiger charge is -2.45. The molecule has 36 heavy (non-hydrogen) atoms. The number of urea groups is 1. The third-order valence-corrected chi connectivity index (χ3v) is 6.56. The Bertz CT molecular complexity index is 1060. The third kappa shape index (κ3) is 6.00. The first kappa shape index (κ1) is 25.6. The fourth-order valence-corrected chi connectivity index (χ4v) is 4.60. The average molecular weight is 495 g/mol. The Balaban J connectivity index is 1.55. The zero-order chi connectivity index (χ0) is 25.7. The van der Waals surface area contributed by atoms with Gasteiger partial charge in [0.25, 0.3) is 0 Å². The normalized spacial score (nSPS) is 20.5. The Labute approximate surface area is 211 Å². The minimum atomic E-state index is -1.16. The highest BCUT2D eigenvalue weighted by atomic mass is 16.5. The summed E-state index contributed by atoms with van der Waals surface area (Å²) in [6.07, 6.45) is 2.19. The summed E-state index contributed by atoms with van der Waals surface area (Å²) >= 11 is 0. The van der Waals surface area contributed by atoms with Gasteiger partial charge in [-0.05, 0) is 31.5 Å². The molecule has 0 spiro atoms. The van der Waals surface area contributed by atoms with Crippen molar-refractivity contribution in [2.45, 2.75) is 50.5 Å². The van der Waals surface area contributed by atoms with Gasteiger partial charge in [0, 0.05) is 37.9 Å². The van der Waals surface area contributed by atoms with Crippen molar-refractivity contribution in [1.29, 1.82) is 0 Å². The molecule has 0 bridgehead atoms. The maximum atomic E-state index is 13.9. The van der Waals surface area contributed by atoms with Gasteiger partial charge >= 0.3 is 6.03 Å². The molecule has 3 heterocycles. The van der Waals surface area contributed by atoms with Crippen LogP contribution in [0, 0.1) is 0 Å². The Hall–Kier alpha value is -3.50. The Morgan fingerprint density at radius 3 is 2.64 bits per heavy atom. The number of rotatable bonds is 9. The van der Waals surface area contributed by atoms with E-state index in [-0.39, 0.29) is 30.6 Å². The first-order valence-electron chi connectivity index (χ1n) is 12.2. The van der Waals surface area contributed by atoms with Gasteiger partial charge in [-0.2, -0.15) is 0 Å². The number of ether oxygens (including phenoxy) is 1. The highest BCUT2D eigenvalue weighted by Gasteiger charge is 2.46. The number of aromatic nitrogens is 1. The largest absolute Gasteiger partial charge is 0.374 e. The van der Waals surface area contributed by atoms with Crippen molar-refractivity contribution in [2.24, 2.45) is 5.73 Å². The molecular weight excluding hydrogens is 460 g/mol. The van der Waals surface area contributed by atoms with Gasteiger partial charge in [-0.3, -0.25) is 14.6 Å². The topological polar surface area (TPSA) is 130 Å². The van der Waals surface area contributed by atoms with Crippen LogP contribution in [0.15, 0.2) is 54.7 Å². The quantitative estimate of drug-likeness (QED) is 0.470. The lowest BCUT2D eigenvalue weighted by molar-refractivity contribution is -0.144. The Morgan fingerprint density at radius 2 is 1.94 bits per heavy atom. The molecule has 2 aliphatic rings. The maximum absolute atomic E-state index is 13.9. The first-order chi connectivity index (χ1) is 17.2. The summed E-state index contributed by atoms with van der Waals surface area (Å²) in [7, 11) is 0. The van der Waals surface area contributed by atoms with Crippen LogP contribution in [0.5, 0.6) is 0 Å². The number of carbonyl (C=O) groups is 3. The molecule has 4 N–H and O–H groups in total. The zero-order valence-corrected chi connectivity index (χ0v) is 20.7. The second-order valence-corrected chi connectivity index (χ2v) is 9.82. The van der Waals surface area contributed by atoms with E-state index in [0.717, 1.165) is 11.3 Å². The van der Waals surface area contributed by atoms with Gasteiger partial charge in [-0.1, -0.05) is 36.4 Å². The van der Waals surface area contributed by atoms with Crippen LogP contribution in [-0.2, 0) is 27.4 Å². The number of pyridine rings is 1. The van der Waals surface area contributed by atoms with Crippen molar-refractivity contribution >= 4 is 17.8 Å². The number of amides is 4. The van der Waals surface area contributed by atoms with Crippen LogP contribution < -0.4 is 16.4 Å². The Morgan fingerprint density at radius 1 is 1.19 bits per heavy atom. The van der Waals surface area contributed by atoms with Crippen LogP contribution in [0.1, 0.15) is 25.1 Å². The van der Waals surface area contributed by atoms with Crippen molar-refractivity contribution in [2.75, 3.05) is 26.2 Å². The SMILES string of the molecule is CC(C)(N)C(=O)NC(COCc1ccccc1)C(=O)N1CCN2C(=O)NCC2C1Cc1ccccn1. The van der Waals surface area contributed by atoms with Gasteiger partial charge in [0.1, 0.15) is 6.04 Å². The number of fused-ring (bicyclic) bond motifs is 1. The summed E-state index contributed by atoms with van der Waals surface area (Å²) in [4.78, 5) is 47.0. The van der Waals surface area contributed by atoms with E-state index in [0.29, 0.717) is 32.7 Å². The second-order valence-electron chi connectivity index (χ2n) is 9.82. The smallest absolute Gasteiger partial charge is 0.317 e. The number of benzene rings is 1. The van der Waals surface area contributed by atoms with Gasteiger partial charge < -0.3 is 30.9 Å². The molecule has 2 aliphatic heterocycles. The molecule has 3 atom stereocenters. The van der Waals surface area contributed by atoms with E-state index < -0.39 is 17.5 Å². The van der Waals surface area contributed by atoms with Gasteiger partial charge in [0.2, 0.25) is 11.8 Å². The summed E-state index contributed by atoms with van der Waals surface area (Å²) in [6.45, 7) is 4.68. The van der Waals surface area contributed by atoms with Crippen molar-refractivity contribution in [3.8, 4) is 0 Å². The second kappa shape index (κ2) is 11.0. The van der Waals surface area contributed by atoms with E-state index in [1.807, 2.05) is 48.5 Å². The molecular formula is C26H34N6O4. The molecule has 0 aliphatic carbocycles. The molecule has 0 saturated carbocycles. The predicted molar refractivity (Wildman–Crippen MR) is 134 cm³/mol. The lowest BCUT2D eigenvalue weighted by atomic mass is 9.96. The van der Waals surface area contributed by atoms with Crippen LogP contribution in [0.4, 0.5) is 4.79 Å². The molecule has 4 amide bonds. The van der Waals surface area contributed by atoms with Crippen molar-refractivity contribution < 1.29 is 19.1 Å². The molecule has 192 valence electrons. The molecule has 2 saturated heterocycles. The highest BCUT2D eigenvalue weighted by Crippen LogP contribution is 2.24. The van der Waals surface area contributed by atoms with Crippen molar-refractivity contribution in [3.05, 3.63) is 66.0 Å². The summed E-state index contributed by atoms with van der Waals surface area (Å²) in [5.41, 5.74) is 6.63. The number of carbonyl (C=O) groups excluding carboxylic acids is 3. The van der Waals surface area contributed by atoms with Gasteiger partial charge in [0.05, 0.1) is 30.8 Å². The van der Waals surface area contributed by atoms with Gasteiger partial charge in [0.15, 0.2) is 0 Å². The monoisotopic (exact) mass is 494 g/mol. The third-order valence-electron chi connectivity index (χ3n) is 6.56. The van der Waals surface area contributed by atoms with Crippen molar-refractivity contribution in [1.82, 2.24) is 25.4 Å². The fraction of sp³-hybridized carbons (Fsp3) is 0.462. The van der Waals surface area contributed by atoms with E-state index >= 15 is 0 Å². The molecule has 4 rings (SSSR count). The van der Waals surface area contributed by atoms with Crippen LogP contribution in [-0.4, -0.2) is 82.5 Å². The maximum Gasteiger partial charge on any atom is 0.317 e. The van der Waals surface area contributed by atoms with Crippen LogP contribution >= 0.6 is 0 Å². The van der Waals surface area contributed by atoms with Crippen molar-refractivity contribution in [3.63, 3.8) is 0 Å². The molecule has 1 aromatic carbocycles. The summed E-state index contributed by atoms with van der Waals surface area (Å²) in [5.74, 6) is -0.706. The summed E-state index contributed by atoms with van der Waals surface area (Å²) < 4.78 is 5.87. The van der Waals surface area contributed by atoms with Crippen LogP contribution in [0.3, 0.4) is 0 Å². The number of piperazine rings is 1. The minimum Gasteiger partial charge on any atom is -0.374 e. The molecule has 0 radical (unpaired) electrons. The van der Waals surface area contributed by atoms with Gasteiger partial charge in [-0.15, -0.1) is 0 Å². The average Bonchev–Trinajstić information content (AvgIpc) is 3.25. The molecule has 3 unspecified atom stereocenters. The molecule has 2 fully saturated rings. The molecule has 10 heteroatoms.